The van der Waals surface area contributed by atoms with Crippen LogP contribution in [0.3, 0.4) is 0 Å². The SMILES string of the molecule is CC(c1ccccc1)N1CCN(C(=O)CSc2nc3ccccc3s2)CC1. The Bertz CT molecular complexity index is 871. The average Bonchev–Trinajstić information content (AvgIpc) is 3.15. The van der Waals surface area contributed by atoms with E-state index < -0.39 is 0 Å². The van der Waals surface area contributed by atoms with E-state index in [1.54, 1.807) is 23.1 Å². The Balaban J connectivity index is 1.28. The Morgan fingerprint density at radius 2 is 1.78 bits per heavy atom. The molecule has 0 spiro atoms. The minimum atomic E-state index is 0.214. The molecule has 0 aliphatic carbocycles. The Hall–Kier alpha value is -1.89. The molecule has 1 fully saturated rings. The van der Waals surface area contributed by atoms with Crippen molar-refractivity contribution in [1.29, 1.82) is 0 Å². The molecule has 1 aliphatic heterocycles. The highest BCUT2D eigenvalue weighted by Gasteiger charge is 2.24. The highest BCUT2D eigenvalue weighted by molar-refractivity contribution is 8.01. The van der Waals surface area contributed by atoms with E-state index >= 15 is 0 Å². The van der Waals surface area contributed by atoms with Gasteiger partial charge in [0.05, 0.1) is 16.0 Å². The lowest BCUT2D eigenvalue weighted by atomic mass is 10.1. The number of carbonyl (C=O) groups excluding carboxylic acids is 1. The predicted molar refractivity (Wildman–Crippen MR) is 113 cm³/mol. The highest BCUT2D eigenvalue weighted by Crippen LogP contribution is 2.29. The lowest BCUT2D eigenvalue weighted by molar-refractivity contribution is -0.130. The zero-order valence-corrected chi connectivity index (χ0v) is 17.0. The van der Waals surface area contributed by atoms with Gasteiger partial charge in [-0.3, -0.25) is 9.69 Å². The average molecular weight is 398 g/mol. The van der Waals surface area contributed by atoms with Crippen molar-refractivity contribution in [2.24, 2.45) is 0 Å². The van der Waals surface area contributed by atoms with Gasteiger partial charge in [0.15, 0.2) is 4.34 Å². The number of para-hydroxylation sites is 1. The van der Waals surface area contributed by atoms with Gasteiger partial charge in [0.1, 0.15) is 0 Å². The smallest absolute Gasteiger partial charge is 0.233 e. The van der Waals surface area contributed by atoms with Gasteiger partial charge in [-0.25, -0.2) is 4.98 Å². The lowest BCUT2D eigenvalue weighted by Gasteiger charge is -2.38. The number of piperazine rings is 1. The van der Waals surface area contributed by atoms with Crippen LogP contribution in [0.5, 0.6) is 0 Å². The largest absolute Gasteiger partial charge is 0.339 e. The molecule has 1 unspecified atom stereocenters. The Morgan fingerprint density at radius 1 is 1.07 bits per heavy atom. The fourth-order valence-electron chi connectivity index (χ4n) is 3.43. The maximum Gasteiger partial charge on any atom is 0.233 e. The quantitative estimate of drug-likeness (QED) is 0.602. The number of thioether (sulfide) groups is 1. The molecule has 2 aromatic carbocycles. The third-order valence-electron chi connectivity index (χ3n) is 5.09. The topological polar surface area (TPSA) is 36.4 Å². The zero-order valence-electron chi connectivity index (χ0n) is 15.4. The van der Waals surface area contributed by atoms with E-state index in [2.05, 4.69) is 53.2 Å². The van der Waals surface area contributed by atoms with Gasteiger partial charge in [0.2, 0.25) is 5.91 Å². The third-order valence-corrected chi connectivity index (χ3v) is 7.25. The molecule has 6 heteroatoms. The number of hydrogen-bond donors (Lipinski definition) is 0. The summed E-state index contributed by atoms with van der Waals surface area (Å²) in [6, 6.07) is 19.1. The van der Waals surface area contributed by atoms with Crippen LogP contribution in [-0.4, -0.2) is 52.6 Å². The van der Waals surface area contributed by atoms with Crippen molar-refractivity contribution in [3.05, 3.63) is 60.2 Å². The normalized spacial score (nSPS) is 16.6. The van der Waals surface area contributed by atoms with Gasteiger partial charge in [-0.2, -0.15) is 0 Å². The van der Waals surface area contributed by atoms with Crippen LogP contribution in [0, 0.1) is 0 Å². The molecular weight excluding hydrogens is 374 g/mol. The molecule has 1 amide bonds. The molecule has 1 aliphatic rings. The minimum absolute atomic E-state index is 0.214. The third kappa shape index (κ3) is 4.34. The summed E-state index contributed by atoms with van der Waals surface area (Å²) in [5.74, 6) is 0.680. The first kappa shape index (κ1) is 18.5. The van der Waals surface area contributed by atoms with Crippen LogP contribution in [0.25, 0.3) is 10.2 Å². The molecule has 140 valence electrons. The summed E-state index contributed by atoms with van der Waals surface area (Å²) >= 11 is 3.22. The zero-order chi connectivity index (χ0) is 18.6. The number of benzene rings is 2. The molecule has 27 heavy (non-hydrogen) atoms. The van der Waals surface area contributed by atoms with Gasteiger partial charge in [0, 0.05) is 32.2 Å². The van der Waals surface area contributed by atoms with Gasteiger partial charge in [-0.15, -0.1) is 11.3 Å². The van der Waals surface area contributed by atoms with Crippen molar-refractivity contribution in [1.82, 2.24) is 14.8 Å². The Kier molecular flexibility index (Phi) is 5.76. The van der Waals surface area contributed by atoms with Gasteiger partial charge in [-0.1, -0.05) is 54.2 Å². The number of thiazole rings is 1. The molecule has 1 aromatic heterocycles. The fraction of sp³-hybridized carbons (Fsp3) is 0.333. The first-order valence-corrected chi connectivity index (χ1v) is 11.1. The number of aromatic nitrogens is 1. The van der Waals surface area contributed by atoms with E-state index in [-0.39, 0.29) is 5.91 Å². The maximum absolute atomic E-state index is 12.6. The summed E-state index contributed by atoms with van der Waals surface area (Å²) in [5, 5.41) is 0. The van der Waals surface area contributed by atoms with Crippen molar-refractivity contribution in [2.45, 2.75) is 17.3 Å². The molecule has 4 rings (SSSR count). The number of amides is 1. The van der Waals surface area contributed by atoms with Crippen molar-refractivity contribution < 1.29 is 4.79 Å². The van der Waals surface area contributed by atoms with Crippen LogP contribution in [0.2, 0.25) is 0 Å². The van der Waals surface area contributed by atoms with Crippen LogP contribution in [-0.2, 0) is 4.79 Å². The van der Waals surface area contributed by atoms with Crippen molar-refractivity contribution >= 4 is 39.2 Å². The molecule has 0 saturated carbocycles. The summed E-state index contributed by atoms with van der Waals surface area (Å²) in [7, 11) is 0. The minimum Gasteiger partial charge on any atom is -0.339 e. The summed E-state index contributed by atoms with van der Waals surface area (Å²) in [6.45, 7) is 5.70. The van der Waals surface area contributed by atoms with E-state index in [1.165, 1.54) is 10.3 Å². The second-order valence-corrected chi connectivity index (χ2v) is 8.99. The second-order valence-electron chi connectivity index (χ2n) is 6.74. The van der Waals surface area contributed by atoms with Crippen LogP contribution in [0.4, 0.5) is 0 Å². The van der Waals surface area contributed by atoms with E-state index in [0.717, 1.165) is 36.0 Å². The van der Waals surface area contributed by atoms with Gasteiger partial charge in [0.25, 0.3) is 0 Å². The molecule has 2 heterocycles. The number of nitrogens with zero attached hydrogens (tertiary/aromatic N) is 3. The summed E-state index contributed by atoms with van der Waals surface area (Å²) in [4.78, 5) is 21.7. The summed E-state index contributed by atoms with van der Waals surface area (Å²) < 4.78 is 2.15. The van der Waals surface area contributed by atoms with E-state index in [1.807, 2.05) is 23.1 Å². The van der Waals surface area contributed by atoms with Gasteiger partial charge < -0.3 is 4.90 Å². The molecule has 0 bridgehead atoms. The predicted octanol–water partition coefficient (Wildman–Crippen LogP) is 4.29. The van der Waals surface area contributed by atoms with Crippen molar-refractivity contribution in [3.8, 4) is 0 Å². The molecular formula is C21H23N3OS2. The maximum atomic E-state index is 12.6. The highest BCUT2D eigenvalue weighted by atomic mass is 32.2. The molecule has 0 N–H and O–H groups in total. The van der Waals surface area contributed by atoms with Crippen molar-refractivity contribution in [3.63, 3.8) is 0 Å². The van der Waals surface area contributed by atoms with Crippen LogP contribution in [0.1, 0.15) is 18.5 Å². The molecule has 1 atom stereocenters. The van der Waals surface area contributed by atoms with Gasteiger partial charge >= 0.3 is 0 Å². The van der Waals surface area contributed by atoms with E-state index in [9.17, 15) is 4.79 Å². The van der Waals surface area contributed by atoms with Crippen molar-refractivity contribution in [2.75, 3.05) is 31.9 Å². The number of carbonyl (C=O) groups is 1. The number of hydrogen-bond acceptors (Lipinski definition) is 5. The molecule has 3 aromatic rings. The number of rotatable bonds is 5. The Labute approximate surface area is 168 Å². The standard InChI is InChI=1S/C21H23N3OS2/c1-16(17-7-3-2-4-8-17)23-11-13-24(14-12-23)20(25)15-26-21-22-18-9-5-6-10-19(18)27-21/h2-10,16H,11-15H2,1H3. The van der Waals surface area contributed by atoms with Crippen LogP contribution >= 0.6 is 23.1 Å². The molecule has 0 radical (unpaired) electrons. The van der Waals surface area contributed by atoms with Gasteiger partial charge in [-0.05, 0) is 24.6 Å². The van der Waals surface area contributed by atoms with E-state index in [4.69, 9.17) is 0 Å². The summed E-state index contributed by atoms with van der Waals surface area (Å²) in [5.41, 5.74) is 2.35. The molecule has 1 saturated heterocycles. The van der Waals surface area contributed by atoms with E-state index in [0.29, 0.717) is 11.8 Å². The summed E-state index contributed by atoms with van der Waals surface area (Å²) in [6.07, 6.45) is 0. The monoisotopic (exact) mass is 397 g/mol. The lowest BCUT2D eigenvalue weighted by Crippen LogP contribution is -2.49. The Morgan fingerprint density at radius 3 is 2.52 bits per heavy atom. The molecule has 4 nitrogen and oxygen atoms in total. The van der Waals surface area contributed by atoms with Crippen LogP contribution < -0.4 is 0 Å². The fourth-order valence-corrected chi connectivity index (χ4v) is 5.40. The number of fused-ring (bicyclic) bond motifs is 1. The second kappa shape index (κ2) is 8.42. The van der Waals surface area contributed by atoms with Crippen LogP contribution in [0.15, 0.2) is 58.9 Å². The first-order valence-electron chi connectivity index (χ1n) is 9.26. The first-order chi connectivity index (χ1) is 13.2.